The smallest absolute Gasteiger partial charge is 0.335 e. The lowest BCUT2D eigenvalue weighted by Gasteiger charge is -2.00. The van der Waals surface area contributed by atoms with Crippen LogP contribution in [0.3, 0.4) is 0 Å². The Balaban J connectivity index is 1.56. The number of carbonyl (C=O) groups is 2. The zero-order valence-corrected chi connectivity index (χ0v) is 16.8. The largest absolute Gasteiger partial charge is 0.478 e. The molecule has 1 aliphatic heterocycles. The van der Waals surface area contributed by atoms with Crippen molar-refractivity contribution in [2.75, 3.05) is 0 Å². The van der Waals surface area contributed by atoms with Crippen molar-refractivity contribution < 1.29 is 19.1 Å². The maximum atomic E-state index is 12.8. The second-order valence-electron chi connectivity index (χ2n) is 6.24. The lowest BCUT2D eigenvalue weighted by Crippen LogP contribution is -2.11. The Labute approximate surface area is 174 Å². The van der Waals surface area contributed by atoms with Crippen LogP contribution in [0.1, 0.15) is 39.0 Å². The van der Waals surface area contributed by atoms with E-state index in [1.54, 1.807) is 30.3 Å². The summed E-state index contributed by atoms with van der Waals surface area (Å²) in [6.45, 7) is 1.97. The Hall–Kier alpha value is -3.04. The van der Waals surface area contributed by atoms with Crippen LogP contribution in [-0.4, -0.2) is 32.1 Å². The fraction of sp³-hybridized carbons (Fsp3) is 0.150. The van der Waals surface area contributed by atoms with Gasteiger partial charge in [-0.1, -0.05) is 30.8 Å². The van der Waals surface area contributed by atoms with Gasteiger partial charge in [-0.25, -0.2) is 4.79 Å². The van der Waals surface area contributed by atoms with E-state index < -0.39 is 11.9 Å². The Kier molecular flexibility index (Phi) is 5.16. The minimum atomic E-state index is -0.989. The summed E-state index contributed by atoms with van der Waals surface area (Å²) in [6.07, 6.45) is 2.36. The van der Waals surface area contributed by atoms with Crippen LogP contribution in [0.4, 0.5) is 0 Å². The van der Waals surface area contributed by atoms with E-state index in [0.717, 1.165) is 28.8 Å². The zero-order valence-electron chi connectivity index (χ0n) is 15.2. The number of Topliss-reactive ketones (excluding diaryl/α,β-unsaturated/α-hetero) is 1. The van der Waals surface area contributed by atoms with Gasteiger partial charge < -0.3 is 9.52 Å². The Bertz CT molecular complexity index is 1140. The van der Waals surface area contributed by atoms with Gasteiger partial charge in [0.2, 0.25) is 0 Å². The van der Waals surface area contributed by atoms with Gasteiger partial charge >= 0.3 is 5.97 Å². The first-order chi connectivity index (χ1) is 14.0. The number of allylic oxidation sites excluding steroid dienone is 1. The second-order valence-corrected chi connectivity index (χ2v) is 8.42. The summed E-state index contributed by atoms with van der Waals surface area (Å²) in [5, 5.41) is 26.9. The molecular weight excluding hydrogens is 410 g/mol. The van der Waals surface area contributed by atoms with Crippen molar-refractivity contribution in [3.05, 3.63) is 62.6 Å². The first-order valence-electron chi connectivity index (χ1n) is 8.74. The number of carboxylic acid groups (broad SMARTS) is 1. The number of rotatable bonds is 5. The molecule has 0 bridgehead atoms. The summed E-state index contributed by atoms with van der Waals surface area (Å²) in [7, 11) is 0. The highest BCUT2D eigenvalue weighted by molar-refractivity contribution is 8.19. The number of aryl methyl sites for hydroxylation is 1. The van der Waals surface area contributed by atoms with Crippen LogP contribution < -0.4 is 0 Å². The molecule has 2 aromatic heterocycles. The number of benzene rings is 1. The minimum Gasteiger partial charge on any atom is -0.478 e. The van der Waals surface area contributed by atoms with Gasteiger partial charge in [-0.2, -0.15) is 0 Å². The molecule has 3 heterocycles. The van der Waals surface area contributed by atoms with Gasteiger partial charge in [0, 0.05) is 5.56 Å². The van der Waals surface area contributed by atoms with Gasteiger partial charge in [-0.3, -0.25) is 10.2 Å². The van der Waals surface area contributed by atoms with Gasteiger partial charge in [0.15, 0.2) is 5.78 Å². The molecule has 0 unspecified atom stereocenters. The van der Waals surface area contributed by atoms with E-state index in [1.165, 1.54) is 23.5 Å². The second kappa shape index (κ2) is 7.76. The summed E-state index contributed by atoms with van der Waals surface area (Å²) < 4.78 is 5.79. The molecule has 1 atom stereocenters. The molecule has 4 rings (SSSR count). The van der Waals surface area contributed by atoms with Crippen molar-refractivity contribution in [2.45, 2.75) is 19.3 Å². The number of aromatic carboxylic acids is 1. The molecule has 3 aromatic rings. The van der Waals surface area contributed by atoms with Crippen LogP contribution in [0.5, 0.6) is 0 Å². The van der Waals surface area contributed by atoms with Crippen molar-refractivity contribution in [1.29, 1.82) is 5.41 Å². The van der Waals surface area contributed by atoms with Crippen LogP contribution in [-0.2, 0) is 11.2 Å². The number of furan rings is 1. The van der Waals surface area contributed by atoms with E-state index in [-0.39, 0.29) is 16.4 Å². The van der Waals surface area contributed by atoms with Crippen LogP contribution in [0.25, 0.3) is 17.4 Å². The van der Waals surface area contributed by atoms with Crippen molar-refractivity contribution in [3.63, 3.8) is 0 Å². The molecule has 2 N–H and O–H groups in total. The fourth-order valence-electron chi connectivity index (χ4n) is 2.83. The van der Waals surface area contributed by atoms with Gasteiger partial charge in [-0.15, -0.1) is 21.5 Å². The highest BCUT2D eigenvalue weighted by atomic mass is 32.2. The third-order valence-corrected chi connectivity index (χ3v) is 6.46. The first kappa shape index (κ1) is 19.3. The fourth-order valence-corrected chi connectivity index (χ4v) is 4.77. The number of hydrogen-bond donors (Lipinski definition) is 2. The quantitative estimate of drug-likeness (QED) is 0.579. The predicted molar refractivity (Wildman–Crippen MR) is 111 cm³/mol. The van der Waals surface area contributed by atoms with Crippen molar-refractivity contribution in [3.8, 4) is 11.3 Å². The summed E-state index contributed by atoms with van der Waals surface area (Å²) in [5.74, 6) is -0.813. The zero-order chi connectivity index (χ0) is 20.5. The maximum Gasteiger partial charge on any atom is 0.335 e. The SMILES string of the molecule is CCc1nnc([C@H]2C(=N)S/C(=C\c3ccc(-c4ccc(C(=O)O)cc4)o3)C2=O)s1. The van der Waals surface area contributed by atoms with Crippen molar-refractivity contribution in [1.82, 2.24) is 10.2 Å². The average molecular weight is 425 g/mol. The van der Waals surface area contributed by atoms with E-state index in [9.17, 15) is 9.59 Å². The van der Waals surface area contributed by atoms with Crippen molar-refractivity contribution >= 4 is 46.0 Å². The molecule has 0 aliphatic carbocycles. The summed E-state index contributed by atoms with van der Waals surface area (Å²) in [6, 6.07) is 9.84. The van der Waals surface area contributed by atoms with Gasteiger partial charge in [0.1, 0.15) is 27.5 Å². The lowest BCUT2D eigenvalue weighted by atomic mass is 10.1. The summed E-state index contributed by atoms with van der Waals surface area (Å²) in [5.41, 5.74) is 0.930. The normalized spacial score (nSPS) is 18.0. The van der Waals surface area contributed by atoms with Gasteiger partial charge in [0.25, 0.3) is 0 Å². The summed E-state index contributed by atoms with van der Waals surface area (Å²) >= 11 is 2.47. The molecule has 0 spiro atoms. The standard InChI is InChI=1S/C20H15N3O4S2/c1-2-15-22-23-19(29-15)16-17(24)14(28-18(16)21)9-12-7-8-13(27-12)10-3-5-11(6-4-10)20(25)26/h3-9,16,21H,2H2,1H3,(H,25,26)/b14-9-,21-18?/t16-/m1/s1. The maximum absolute atomic E-state index is 12.8. The Morgan fingerprint density at radius 2 is 2.00 bits per heavy atom. The molecule has 7 nitrogen and oxygen atoms in total. The molecule has 1 aliphatic rings. The molecule has 0 radical (unpaired) electrons. The topological polar surface area (TPSA) is 117 Å². The van der Waals surface area contributed by atoms with E-state index >= 15 is 0 Å². The third kappa shape index (κ3) is 3.79. The third-order valence-electron chi connectivity index (χ3n) is 4.34. The van der Waals surface area contributed by atoms with E-state index in [2.05, 4.69) is 10.2 Å². The highest BCUT2D eigenvalue weighted by Gasteiger charge is 2.39. The molecule has 0 saturated carbocycles. The Morgan fingerprint density at radius 1 is 1.24 bits per heavy atom. The molecule has 9 heteroatoms. The minimum absolute atomic E-state index is 0.178. The molecule has 1 aromatic carbocycles. The van der Waals surface area contributed by atoms with E-state index in [0.29, 0.717) is 21.4 Å². The molecular formula is C20H15N3O4S2. The average Bonchev–Trinajstić information content (AvgIpc) is 3.42. The number of thioether (sulfide) groups is 1. The number of nitrogens with zero attached hydrogens (tertiary/aromatic N) is 2. The number of aromatic nitrogens is 2. The Morgan fingerprint density at radius 3 is 2.66 bits per heavy atom. The molecule has 146 valence electrons. The molecule has 29 heavy (non-hydrogen) atoms. The van der Waals surface area contributed by atoms with Crippen LogP contribution in [0.2, 0.25) is 0 Å². The summed E-state index contributed by atoms with van der Waals surface area (Å²) in [4.78, 5) is 24.2. The van der Waals surface area contributed by atoms with Crippen LogP contribution >= 0.6 is 23.1 Å². The van der Waals surface area contributed by atoms with E-state index in [1.807, 2.05) is 6.92 Å². The van der Waals surface area contributed by atoms with Gasteiger partial charge in [-0.05, 0) is 36.8 Å². The van der Waals surface area contributed by atoms with Crippen molar-refractivity contribution in [2.24, 2.45) is 0 Å². The first-order valence-corrected chi connectivity index (χ1v) is 10.4. The molecule has 0 amide bonds. The predicted octanol–water partition coefficient (Wildman–Crippen LogP) is 4.48. The monoisotopic (exact) mass is 425 g/mol. The highest BCUT2D eigenvalue weighted by Crippen LogP contribution is 2.41. The lowest BCUT2D eigenvalue weighted by molar-refractivity contribution is -0.114. The molecule has 1 fully saturated rings. The molecule has 1 saturated heterocycles. The van der Waals surface area contributed by atoms with Crippen LogP contribution in [0, 0.1) is 5.41 Å². The number of hydrogen-bond acceptors (Lipinski definition) is 8. The van der Waals surface area contributed by atoms with E-state index in [4.69, 9.17) is 14.9 Å². The number of nitrogens with one attached hydrogen (secondary N) is 1. The van der Waals surface area contributed by atoms with Gasteiger partial charge in [0.05, 0.1) is 15.5 Å². The van der Waals surface area contributed by atoms with Crippen LogP contribution in [0.15, 0.2) is 45.7 Å². The number of ketones is 1. The number of carbonyl (C=O) groups excluding carboxylic acids is 1. The number of carboxylic acids is 1.